The molecule has 0 aromatic heterocycles. The van der Waals surface area contributed by atoms with Crippen LogP contribution in [0.15, 0.2) is 0 Å². The van der Waals surface area contributed by atoms with E-state index in [2.05, 4.69) is 24.0 Å². The van der Waals surface area contributed by atoms with Gasteiger partial charge < -0.3 is 10.1 Å². The smallest absolute Gasteiger partial charge is 0.0630 e. The van der Waals surface area contributed by atoms with E-state index in [0.29, 0.717) is 6.04 Å². The van der Waals surface area contributed by atoms with E-state index >= 15 is 0 Å². The molecule has 1 aliphatic rings. The zero-order chi connectivity index (χ0) is 9.52. The molecule has 2 unspecified atom stereocenters. The monoisotopic (exact) mass is 203 g/mol. The molecular formula is C10H21NOS. The van der Waals surface area contributed by atoms with Crippen molar-refractivity contribution in [2.24, 2.45) is 0 Å². The van der Waals surface area contributed by atoms with Crippen molar-refractivity contribution in [2.45, 2.75) is 37.5 Å². The maximum atomic E-state index is 5.57. The molecule has 1 N–H and O–H groups in total. The fourth-order valence-corrected chi connectivity index (χ4v) is 3.07. The van der Waals surface area contributed by atoms with Gasteiger partial charge in [-0.05, 0) is 32.1 Å². The van der Waals surface area contributed by atoms with Crippen LogP contribution < -0.4 is 5.32 Å². The minimum atomic E-state index is 0.555. The highest BCUT2D eigenvalue weighted by Gasteiger charge is 2.24. The number of hydrogen-bond donors (Lipinski definition) is 1. The summed E-state index contributed by atoms with van der Waals surface area (Å²) in [6.07, 6.45) is 3.85. The Balaban J connectivity index is 2.16. The molecule has 0 saturated carbocycles. The van der Waals surface area contributed by atoms with E-state index in [1.165, 1.54) is 18.6 Å². The fourth-order valence-electron chi connectivity index (χ4n) is 1.65. The molecule has 0 aromatic rings. The molecule has 0 radical (unpaired) electrons. The first-order chi connectivity index (χ1) is 6.38. The quantitative estimate of drug-likeness (QED) is 0.666. The van der Waals surface area contributed by atoms with E-state index in [4.69, 9.17) is 4.74 Å². The Labute approximate surface area is 85.8 Å². The van der Waals surface area contributed by atoms with Gasteiger partial charge in [0.25, 0.3) is 0 Å². The molecule has 0 aromatic carbocycles. The van der Waals surface area contributed by atoms with Gasteiger partial charge in [-0.3, -0.25) is 0 Å². The van der Waals surface area contributed by atoms with Crippen LogP contribution >= 0.6 is 11.8 Å². The van der Waals surface area contributed by atoms with Gasteiger partial charge in [0.2, 0.25) is 0 Å². The molecule has 0 amide bonds. The third-order valence-electron chi connectivity index (χ3n) is 2.43. The number of likely N-dealkylation sites (N-methyl/N-ethyl adjacent to an activating group) is 1. The van der Waals surface area contributed by atoms with Crippen LogP contribution in [0, 0.1) is 0 Å². The summed E-state index contributed by atoms with van der Waals surface area (Å²) in [6, 6.07) is 0.555. The Kier molecular flexibility index (Phi) is 5.83. The van der Waals surface area contributed by atoms with Crippen LogP contribution in [-0.2, 0) is 4.74 Å². The molecular weight excluding hydrogens is 182 g/mol. The summed E-state index contributed by atoms with van der Waals surface area (Å²) in [5.41, 5.74) is 0. The lowest BCUT2D eigenvalue weighted by atomic mass is 10.1. The predicted octanol–water partition coefficient (Wildman–Crippen LogP) is 1.90. The van der Waals surface area contributed by atoms with Crippen molar-refractivity contribution >= 4 is 11.8 Å². The van der Waals surface area contributed by atoms with Crippen LogP contribution in [0.4, 0.5) is 0 Å². The second kappa shape index (κ2) is 6.68. The third-order valence-corrected chi connectivity index (χ3v) is 3.95. The second-order valence-corrected chi connectivity index (χ2v) is 4.87. The van der Waals surface area contributed by atoms with Crippen molar-refractivity contribution in [3.05, 3.63) is 0 Å². The van der Waals surface area contributed by atoms with Gasteiger partial charge in [-0.15, -0.1) is 0 Å². The largest absolute Gasteiger partial charge is 0.380 e. The summed E-state index contributed by atoms with van der Waals surface area (Å²) >= 11 is 2.09. The lowest BCUT2D eigenvalue weighted by molar-refractivity contribution is 0.113. The minimum absolute atomic E-state index is 0.555. The molecule has 78 valence electrons. The van der Waals surface area contributed by atoms with E-state index in [-0.39, 0.29) is 0 Å². The van der Waals surface area contributed by atoms with Crippen LogP contribution in [0.2, 0.25) is 0 Å². The molecule has 0 bridgehead atoms. The van der Waals surface area contributed by atoms with Crippen LogP contribution in [-0.4, -0.2) is 37.3 Å². The van der Waals surface area contributed by atoms with Gasteiger partial charge >= 0.3 is 0 Å². The van der Waals surface area contributed by atoms with E-state index in [0.717, 1.165) is 24.9 Å². The normalized spacial score (nSPS) is 24.9. The van der Waals surface area contributed by atoms with Gasteiger partial charge in [0.1, 0.15) is 0 Å². The van der Waals surface area contributed by atoms with Crippen molar-refractivity contribution in [1.82, 2.24) is 5.32 Å². The Hall–Kier alpha value is 0.270. The number of nitrogens with one attached hydrogen (secondary N) is 1. The van der Waals surface area contributed by atoms with Crippen LogP contribution in [0.25, 0.3) is 0 Å². The SMILES string of the molecule is CCCOCC(NC)C1CCCS1. The van der Waals surface area contributed by atoms with Crippen molar-refractivity contribution < 1.29 is 4.74 Å². The molecule has 13 heavy (non-hydrogen) atoms. The maximum Gasteiger partial charge on any atom is 0.0630 e. The third kappa shape index (κ3) is 3.88. The summed E-state index contributed by atoms with van der Waals surface area (Å²) in [5, 5.41) is 4.14. The van der Waals surface area contributed by atoms with Gasteiger partial charge in [-0.1, -0.05) is 6.92 Å². The average Bonchev–Trinajstić information content (AvgIpc) is 2.65. The Bertz CT molecular complexity index is 126. The molecule has 1 rings (SSSR count). The highest BCUT2D eigenvalue weighted by molar-refractivity contribution is 8.00. The zero-order valence-electron chi connectivity index (χ0n) is 8.71. The number of hydrogen-bond acceptors (Lipinski definition) is 3. The molecule has 1 aliphatic heterocycles. The Morgan fingerprint density at radius 3 is 3.00 bits per heavy atom. The van der Waals surface area contributed by atoms with Gasteiger partial charge in [0.05, 0.1) is 6.61 Å². The molecule has 3 heteroatoms. The topological polar surface area (TPSA) is 21.3 Å². The molecule has 1 saturated heterocycles. The van der Waals surface area contributed by atoms with Crippen molar-refractivity contribution in [1.29, 1.82) is 0 Å². The maximum absolute atomic E-state index is 5.57. The first kappa shape index (κ1) is 11.3. The Morgan fingerprint density at radius 2 is 2.46 bits per heavy atom. The number of thioether (sulfide) groups is 1. The summed E-state index contributed by atoms with van der Waals surface area (Å²) in [5.74, 6) is 1.33. The van der Waals surface area contributed by atoms with Crippen LogP contribution in [0.5, 0.6) is 0 Å². The first-order valence-corrected chi connectivity index (χ1v) is 6.30. The molecule has 2 atom stereocenters. The summed E-state index contributed by atoms with van der Waals surface area (Å²) < 4.78 is 5.57. The lowest BCUT2D eigenvalue weighted by Gasteiger charge is -2.21. The number of ether oxygens (including phenoxy) is 1. The van der Waals surface area contributed by atoms with Gasteiger partial charge in [0, 0.05) is 17.9 Å². The summed E-state index contributed by atoms with van der Waals surface area (Å²) in [6.45, 7) is 3.93. The minimum Gasteiger partial charge on any atom is -0.380 e. The first-order valence-electron chi connectivity index (χ1n) is 5.25. The van der Waals surface area contributed by atoms with Crippen LogP contribution in [0.1, 0.15) is 26.2 Å². The van der Waals surface area contributed by atoms with Crippen molar-refractivity contribution in [3.63, 3.8) is 0 Å². The van der Waals surface area contributed by atoms with Gasteiger partial charge in [0.15, 0.2) is 0 Å². The summed E-state index contributed by atoms with van der Waals surface area (Å²) in [7, 11) is 2.04. The Morgan fingerprint density at radius 1 is 1.62 bits per heavy atom. The van der Waals surface area contributed by atoms with Crippen molar-refractivity contribution in [3.8, 4) is 0 Å². The number of rotatable bonds is 6. The average molecular weight is 203 g/mol. The lowest BCUT2D eigenvalue weighted by Crippen LogP contribution is -2.38. The van der Waals surface area contributed by atoms with E-state index in [1.54, 1.807) is 0 Å². The molecule has 0 aliphatic carbocycles. The van der Waals surface area contributed by atoms with E-state index < -0.39 is 0 Å². The fraction of sp³-hybridized carbons (Fsp3) is 1.00. The molecule has 0 spiro atoms. The second-order valence-electron chi connectivity index (χ2n) is 3.52. The molecule has 1 heterocycles. The molecule has 2 nitrogen and oxygen atoms in total. The summed E-state index contributed by atoms with van der Waals surface area (Å²) in [4.78, 5) is 0. The zero-order valence-corrected chi connectivity index (χ0v) is 9.53. The predicted molar refractivity (Wildman–Crippen MR) is 59.4 cm³/mol. The highest BCUT2D eigenvalue weighted by atomic mass is 32.2. The highest BCUT2D eigenvalue weighted by Crippen LogP contribution is 2.28. The molecule has 1 fully saturated rings. The van der Waals surface area contributed by atoms with Gasteiger partial charge in [-0.25, -0.2) is 0 Å². The van der Waals surface area contributed by atoms with Crippen molar-refractivity contribution in [2.75, 3.05) is 26.0 Å². The van der Waals surface area contributed by atoms with Crippen LogP contribution in [0.3, 0.4) is 0 Å². The van der Waals surface area contributed by atoms with E-state index in [1.807, 2.05) is 7.05 Å². The standard InChI is InChI=1S/C10H21NOS/c1-3-6-12-8-9(11-2)10-5-4-7-13-10/h9-11H,3-8H2,1-2H3. The van der Waals surface area contributed by atoms with Gasteiger partial charge in [-0.2, -0.15) is 11.8 Å². The van der Waals surface area contributed by atoms with E-state index in [9.17, 15) is 0 Å².